The molecule has 13 heteroatoms. The molecule has 2 heterocycles. The van der Waals surface area contributed by atoms with Gasteiger partial charge < -0.3 is 0 Å². The Balaban J connectivity index is 1.34. The van der Waals surface area contributed by atoms with Crippen LogP contribution in [0.1, 0.15) is 119 Å². The van der Waals surface area contributed by atoms with Gasteiger partial charge in [0.1, 0.15) is 0 Å². The van der Waals surface area contributed by atoms with Crippen LogP contribution in [0.2, 0.25) is 26.6 Å². The maximum absolute atomic E-state index is 6.24. The molecule has 0 spiro atoms. The minimum atomic E-state index is -2.86. The van der Waals surface area contributed by atoms with Gasteiger partial charge in [0.05, 0.1) is 0 Å². The first-order valence-electron chi connectivity index (χ1n) is 21.6. The number of aromatic nitrogens is 8. The van der Waals surface area contributed by atoms with E-state index in [0.29, 0.717) is 38.1 Å². The molecule has 0 aliphatic carbocycles. The van der Waals surface area contributed by atoms with Crippen LogP contribution in [0.15, 0.2) is 48.5 Å². The Hall–Kier alpha value is -2.26. The molecule has 0 fully saturated rings. The molecule has 11 nitrogen and oxygen atoms in total. The maximum atomic E-state index is 6.24. The molecule has 0 aliphatic rings. The molecule has 0 aliphatic heterocycles. The molecular formula is C42H70N8O3Sn2. The van der Waals surface area contributed by atoms with Crippen molar-refractivity contribution in [3.8, 4) is 34.3 Å². The fourth-order valence-electron chi connectivity index (χ4n) is 7.51. The van der Waals surface area contributed by atoms with Crippen LogP contribution in [0.4, 0.5) is 0 Å². The second kappa shape index (κ2) is 25.2. The van der Waals surface area contributed by atoms with Gasteiger partial charge in [0.25, 0.3) is 0 Å². The number of tetrazole rings is 2. The fourth-order valence-corrected chi connectivity index (χ4v) is 35.6. The zero-order chi connectivity index (χ0) is 39.2. The van der Waals surface area contributed by atoms with Gasteiger partial charge in [0.2, 0.25) is 0 Å². The number of nitrogens with zero attached hydrogens (tertiary/aromatic N) is 8. The molecule has 0 radical (unpaired) electrons. The molecule has 0 N–H and O–H groups in total. The van der Waals surface area contributed by atoms with Gasteiger partial charge in [0.15, 0.2) is 0 Å². The van der Waals surface area contributed by atoms with E-state index < -0.39 is 37.3 Å². The van der Waals surface area contributed by atoms with Crippen LogP contribution in [-0.2, 0) is 4.74 Å². The Morgan fingerprint density at radius 3 is 1.11 bits per heavy atom. The Labute approximate surface area is 340 Å². The molecule has 304 valence electrons. The first-order valence-corrected chi connectivity index (χ1v) is 36.3. The standard InChI is InChI=1S/C18H16N8O3.6C4H9.2Sn/c1-3-7-15(13(5-1)17-19-23-24-20-17)28-11-9-27-10-12-29-16-8-4-2-6-14(16)18-21-25-26-22-18;6*1-3-4-2;;/h1-8H,9-12H2;6*1,3-4H2,2H3;;/q-2;;;;;;;2*+1. The monoisotopic (exact) mass is 974 g/mol. The van der Waals surface area contributed by atoms with Crippen LogP contribution in [-0.4, -0.2) is 101 Å². The zero-order valence-corrected chi connectivity index (χ0v) is 40.7. The van der Waals surface area contributed by atoms with Crippen molar-refractivity contribution in [1.29, 1.82) is 0 Å². The third kappa shape index (κ3) is 13.4. The van der Waals surface area contributed by atoms with Crippen LogP contribution in [0.5, 0.6) is 11.5 Å². The molecule has 0 bridgehead atoms. The van der Waals surface area contributed by atoms with Gasteiger partial charge in [-0.2, -0.15) is 0 Å². The number of benzene rings is 2. The van der Waals surface area contributed by atoms with Crippen molar-refractivity contribution in [2.45, 2.75) is 145 Å². The number of rotatable bonds is 30. The van der Waals surface area contributed by atoms with E-state index in [1.165, 1.54) is 104 Å². The second-order valence-electron chi connectivity index (χ2n) is 15.2. The zero-order valence-electron chi connectivity index (χ0n) is 35.0. The average molecular weight is 972 g/mol. The van der Waals surface area contributed by atoms with Gasteiger partial charge in [0, 0.05) is 0 Å². The van der Waals surface area contributed by atoms with Crippen LogP contribution in [0.25, 0.3) is 22.8 Å². The van der Waals surface area contributed by atoms with Gasteiger partial charge in [-0.05, 0) is 0 Å². The van der Waals surface area contributed by atoms with Crippen LogP contribution >= 0.6 is 0 Å². The van der Waals surface area contributed by atoms with Gasteiger partial charge in [-0.1, -0.05) is 0 Å². The summed E-state index contributed by atoms with van der Waals surface area (Å²) < 4.78 is 30.4. The summed E-state index contributed by atoms with van der Waals surface area (Å²) in [5.74, 6) is 2.81. The molecule has 0 atom stereocenters. The Bertz CT molecular complexity index is 1470. The molecule has 0 amide bonds. The van der Waals surface area contributed by atoms with E-state index in [9.17, 15) is 0 Å². The van der Waals surface area contributed by atoms with Crippen molar-refractivity contribution >= 4 is 37.3 Å². The van der Waals surface area contributed by atoms with E-state index in [1.54, 1.807) is 0 Å². The third-order valence-corrected chi connectivity index (χ3v) is 38.8. The molecule has 0 saturated heterocycles. The summed E-state index contributed by atoms with van der Waals surface area (Å²) in [6.45, 7) is 15.4. The molecule has 0 unspecified atom stereocenters. The van der Waals surface area contributed by atoms with Crippen molar-refractivity contribution in [2.75, 3.05) is 26.4 Å². The van der Waals surface area contributed by atoms with Gasteiger partial charge in [-0.3, -0.25) is 0 Å². The number of hydrogen-bond donors (Lipinski definition) is 0. The molecule has 0 saturated carbocycles. The van der Waals surface area contributed by atoms with Crippen molar-refractivity contribution in [3.05, 3.63) is 48.5 Å². The molecule has 4 rings (SSSR count). The topological polar surface area (TPSA) is 115 Å². The second-order valence-corrected chi connectivity index (χ2v) is 40.0. The number of ether oxygens (including phenoxy) is 3. The number of para-hydroxylation sites is 2. The van der Waals surface area contributed by atoms with Crippen LogP contribution in [0.3, 0.4) is 0 Å². The Morgan fingerprint density at radius 1 is 0.455 bits per heavy atom. The van der Waals surface area contributed by atoms with Crippen molar-refractivity contribution in [1.82, 2.24) is 36.9 Å². The van der Waals surface area contributed by atoms with Gasteiger partial charge >= 0.3 is 343 Å². The van der Waals surface area contributed by atoms with Crippen molar-refractivity contribution < 1.29 is 14.2 Å². The summed E-state index contributed by atoms with van der Waals surface area (Å²) in [5.41, 5.74) is 1.76. The normalized spacial score (nSPS) is 12.0. The van der Waals surface area contributed by atoms with E-state index >= 15 is 0 Å². The first-order chi connectivity index (χ1) is 27.0. The first kappa shape index (κ1) is 45.4. The van der Waals surface area contributed by atoms with E-state index in [0.717, 1.165) is 22.6 Å². The molecule has 2 aromatic carbocycles. The van der Waals surface area contributed by atoms with E-state index in [-0.39, 0.29) is 0 Å². The van der Waals surface area contributed by atoms with E-state index in [2.05, 4.69) is 57.8 Å². The summed E-state index contributed by atoms with van der Waals surface area (Å²) in [6.07, 6.45) is 14.7. The average Bonchev–Trinajstić information content (AvgIpc) is 3.93. The molecule has 55 heavy (non-hydrogen) atoms. The van der Waals surface area contributed by atoms with Crippen molar-refractivity contribution in [2.24, 2.45) is 0 Å². The summed E-state index contributed by atoms with van der Waals surface area (Å²) in [6, 6.07) is 16.0. The van der Waals surface area contributed by atoms with Gasteiger partial charge in [-0.15, -0.1) is 0 Å². The summed E-state index contributed by atoms with van der Waals surface area (Å²) in [4.78, 5) is 0. The minimum absolute atomic E-state index is 0.406. The number of unbranched alkanes of at least 4 members (excludes halogenated alkanes) is 6. The summed E-state index contributed by atoms with van der Waals surface area (Å²) in [5, 5.41) is 28.9. The Morgan fingerprint density at radius 2 is 0.782 bits per heavy atom. The predicted octanol–water partition coefficient (Wildman–Crippen LogP) is 10.9. The number of hydrogen-bond acceptors (Lipinski definition) is 9. The summed E-state index contributed by atoms with van der Waals surface area (Å²) in [7, 11) is 0. The Kier molecular flexibility index (Phi) is 20.8. The van der Waals surface area contributed by atoms with Crippen LogP contribution in [0, 0.1) is 0 Å². The van der Waals surface area contributed by atoms with Gasteiger partial charge in [-0.25, -0.2) is 0 Å². The van der Waals surface area contributed by atoms with E-state index in [4.69, 9.17) is 34.8 Å². The third-order valence-electron chi connectivity index (χ3n) is 10.9. The SMILES string of the molecule is CCC[CH2][Sn]([CH2]CCC)([CH2]CCC)[n]1nnc(-c2ccccc2OCCOCCOc2ccccc2-c2nn[n]([Sn]([CH2]CCC)([CH2]CCC)[CH2]CCC)n2)n1. The molecule has 4 aromatic rings. The molecule has 2 aromatic heterocycles. The summed E-state index contributed by atoms with van der Waals surface area (Å²) >= 11 is -5.72. The fraction of sp³-hybridized carbons (Fsp3) is 0.667. The van der Waals surface area contributed by atoms with Crippen LogP contribution < -0.4 is 9.47 Å². The quantitative estimate of drug-likeness (QED) is 0.0372. The molecular weight excluding hydrogens is 902 g/mol. The predicted molar refractivity (Wildman–Crippen MR) is 229 cm³/mol. The van der Waals surface area contributed by atoms with E-state index in [1.807, 2.05) is 48.5 Å². The van der Waals surface area contributed by atoms with Crippen molar-refractivity contribution in [3.63, 3.8) is 0 Å².